The van der Waals surface area contributed by atoms with Crippen molar-refractivity contribution < 1.29 is 4.74 Å². The Balaban J connectivity index is 1.57. The van der Waals surface area contributed by atoms with E-state index in [1.54, 1.807) is 0 Å². The van der Waals surface area contributed by atoms with Crippen molar-refractivity contribution in [2.75, 3.05) is 25.2 Å². The quantitative estimate of drug-likeness (QED) is 0.907. The predicted molar refractivity (Wildman–Crippen MR) is 88.8 cm³/mol. The Kier molecular flexibility index (Phi) is 5.19. The standard InChI is InChI=1S/C17H26N2OS/c1-18-16(5-4-14-3-2-8-19-12-14)15-6-9-20-17(11-15)7-10-21-13-17/h2-3,8,12,15-16,18H,4-7,9-11,13H2,1H3. The average molecular weight is 306 g/mol. The fraction of sp³-hybridized carbons (Fsp3) is 0.706. The van der Waals surface area contributed by atoms with Crippen LogP contribution in [0.3, 0.4) is 0 Å². The van der Waals surface area contributed by atoms with Gasteiger partial charge in [0.15, 0.2) is 0 Å². The molecule has 1 aromatic rings. The molecule has 0 saturated carbocycles. The van der Waals surface area contributed by atoms with E-state index in [1.165, 1.54) is 42.8 Å². The highest BCUT2D eigenvalue weighted by atomic mass is 32.2. The van der Waals surface area contributed by atoms with Gasteiger partial charge >= 0.3 is 0 Å². The minimum absolute atomic E-state index is 0.191. The van der Waals surface area contributed by atoms with Crippen molar-refractivity contribution in [2.24, 2.45) is 5.92 Å². The predicted octanol–water partition coefficient (Wildman–Crippen LogP) is 2.90. The van der Waals surface area contributed by atoms with Crippen molar-refractivity contribution in [3.63, 3.8) is 0 Å². The number of ether oxygens (including phenoxy) is 1. The molecule has 2 aliphatic rings. The molecule has 1 spiro atoms. The van der Waals surface area contributed by atoms with Gasteiger partial charge in [0, 0.05) is 30.8 Å². The number of hydrogen-bond donors (Lipinski definition) is 1. The van der Waals surface area contributed by atoms with Crippen LogP contribution in [0.4, 0.5) is 0 Å². The number of aromatic nitrogens is 1. The lowest BCUT2D eigenvalue weighted by Gasteiger charge is -2.41. The molecule has 1 aromatic heterocycles. The van der Waals surface area contributed by atoms with E-state index < -0.39 is 0 Å². The molecular formula is C17H26N2OS. The molecule has 2 saturated heterocycles. The summed E-state index contributed by atoms with van der Waals surface area (Å²) in [6, 6.07) is 4.80. The third-order valence-electron chi connectivity index (χ3n) is 5.00. The molecule has 2 aliphatic heterocycles. The summed E-state index contributed by atoms with van der Waals surface area (Å²) < 4.78 is 6.16. The number of nitrogens with zero attached hydrogens (tertiary/aromatic N) is 1. The SMILES string of the molecule is CNC(CCc1cccnc1)C1CCOC2(CCSC2)C1. The first-order valence-corrected chi connectivity index (χ1v) is 9.25. The fourth-order valence-electron chi connectivity index (χ4n) is 3.76. The minimum atomic E-state index is 0.191. The van der Waals surface area contributed by atoms with Crippen LogP contribution in [0.5, 0.6) is 0 Å². The Morgan fingerprint density at radius 2 is 2.52 bits per heavy atom. The van der Waals surface area contributed by atoms with E-state index >= 15 is 0 Å². The largest absolute Gasteiger partial charge is 0.374 e. The Morgan fingerprint density at radius 1 is 1.57 bits per heavy atom. The molecule has 0 radical (unpaired) electrons. The molecule has 3 rings (SSSR count). The van der Waals surface area contributed by atoms with Gasteiger partial charge in [-0.2, -0.15) is 11.8 Å². The van der Waals surface area contributed by atoms with Crippen LogP contribution in [0.25, 0.3) is 0 Å². The summed E-state index contributed by atoms with van der Waals surface area (Å²) in [5.74, 6) is 3.22. The van der Waals surface area contributed by atoms with Crippen LogP contribution in [-0.4, -0.2) is 41.8 Å². The number of rotatable bonds is 5. The summed E-state index contributed by atoms with van der Waals surface area (Å²) >= 11 is 2.06. The van der Waals surface area contributed by atoms with Gasteiger partial charge in [0.2, 0.25) is 0 Å². The van der Waals surface area contributed by atoms with Crippen LogP contribution in [0.15, 0.2) is 24.5 Å². The van der Waals surface area contributed by atoms with Crippen molar-refractivity contribution in [1.82, 2.24) is 10.3 Å². The molecule has 116 valence electrons. The van der Waals surface area contributed by atoms with E-state index in [-0.39, 0.29) is 5.60 Å². The highest BCUT2D eigenvalue weighted by molar-refractivity contribution is 7.99. The van der Waals surface area contributed by atoms with Gasteiger partial charge in [-0.05, 0) is 62.5 Å². The molecule has 0 amide bonds. The van der Waals surface area contributed by atoms with Gasteiger partial charge in [0.25, 0.3) is 0 Å². The van der Waals surface area contributed by atoms with E-state index in [9.17, 15) is 0 Å². The molecule has 0 aromatic carbocycles. The van der Waals surface area contributed by atoms with Gasteiger partial charge in [-0.3, -0.25) is 4.98 Å². The van der Waals surface area contributed by atoms with E-state index in [1.807, 2.05) is 18.5 Å². The zero-order valence-corrected chi connectivity index (χ0v) is 13.7. The normalized spacial score (nSPS) is 30.6. The summed E-state index contributed by atoms with van der Waals surface area (Å²) in [5, 5.41) is 3.57. The molecule has 1 N–H and O–H groups in total. The summed E-state index contributed by atoms with van der Waals surface area (Å²) in [4.78, 5) is 4.22. The maximum atomic E-state index is 6.16. The van der Waals surface area contributed by atoms with Crippen LogP contribution >= 0.6 is 11.8 Å². The maximum Gasteiger partial charge on any atom is 0.0783 e. The molecule has 3 heterocycles. The zero-order valence-electron chi connectivity index (χ0n) is 12.9. The fourth-order valence-corrected chi connectivity index (χ4v) is 5.13. The van der Waals surface area contributed by atoms with Crippen molar-refractivity contribution in [3.05, 3.63) is 30.1 Å². The molecule has 4 heteroatoms. The Bertz CT molecular complexity index is 434. The molecular weight excluding hydrogens is 280 g/mol. The van der Waals surface area contributed by atoms with Crippen LogP contribution < -0.4 is 5.32 Å². The Labute approximate surface area is 132 Å². The zero-order chi connectivity index (χ0) is 14.5. The molecule has 21 heavy (non-hydrogen) atoms. The van der Waals surface area contributed by atoms with Crippen LogP contribution in [0.2, 0.25) is 0 Å². The lowest BCUT2D eigenvalue weighted by Crippen LogP contribution is -2.46. The molecule has 0 bridgehead atoms. The van der Waals surface area contributed by atoms with E-state index in [0.717, 1.165) is 18.9 Å². The van der Waals surface area contributed by atoms with Gasteiger partial charge in [-0.25, -0.2) is 0 Å². The number of thioether (sulfide) groups is 1. The third-order valence-corrected chi connectivity index (χ3v) is 6.23. The van der Waals surface area contributed by atoms with Gasteiger partial charge in [-0.1, -0.05) is 6.07 Å². The minimum Gasteiger partial charge on any atom is -0.374 e. The Morgan fingerprint density at radius 3 is 3.24 bits per heavy atom. The third kappa shape index (κ3) is 3.79. The summed E-state index contributed by atoms with van der Waals surface area (Å²) in [5.41, 5.74) is 1.53. The van der Waals surface area contributed by atoms with E-state index in [4.69, 9.17) is 4.74 Å². The first-order valence-electron chi connectivity index (χ1n) is 8.09. The number of hydrogen-bond acceptors (Lipinski definition) is 4. The second kappa shape index (κ2) is 7.12. The number of nitrogens with one attached hydrogen (secondary N) is 1. The van der Waals surface area contributed by atoms with Crippen molar-refractivity contribution in [3.8, 4) is 0 Å². The summed E-state index contributed by atoms with van der Waals surface area (Å²) in [6.07, 6.45) is 9.82. The molecule has 3 atom stereocenters. The summed E-state index contributed by atoms with van der Waals surface area (Å²) in [7, 11) is 2.11. The lowest BCUT2D eigenvalue weighted by molar-refractivity contribution is -0.0851. The van der Waals surface area contributed by atoms with Crippen molar-refractivity contribution >= 4 is 11.8 Å². The molecule has 2 fully saturated rings. The van der Waals surface area contributed by atoms with Gasteiger partial charge < -0.3 is 10.1 Å². The lowest BCUT2D eigenvalue weighted by atomic mass is 9.79. The Hall–Kier alpha value is -0.580. The van der Waals surface area contributed by atoms with Crippen LogP contribution in [0, 0.1) is 5.92 Å². The van der Waals surface area contributed by atoms with Gasteiger partial charge in [0.1, 0.15) is 0 Å². The molecule has 3 nitrogen and oxygen atoms in total. The highest BCUT2D eigenvalue weighted by Crippen LogP contribution is 2.41. The van der Waals surface area contributed by atoms with Crippen LogP contribution in [0.1, 0.15) is 31.2 Å². The van der Waals surface area contributed by atoms with Crippen molar-refractivity contribution in [2.45, 2.75) is 43.7 Å². The molecule has 3 unspecified atom stereocenters. The van der Waals surface area contributed by atoms with Crippen LogP contribution in [-0.2, 0) is 11.2 Å². The van der Waals surface area contributed by atoms with E-state index in [0.29, 0.717) is 6.04 Å². The van der Waals surface area contributed by atoms with Gasteiger partial charge in [-0.15, -0.1) is 0 Å². The monoisotopic (exact) mass is 306 g/mol. The van der Waals surface area contributed by atoms with E-state index in [2.05, 4.69) is 35.2 Å². The van der Waals surface area contributed by atoms with Gasteiger partial charge in [0.05, 0.1) is 5.60 Å². The summed E-state index contributed by atoms with van der Waals surface area (Å²) in [6.45, 7) is 0.941. The first-order chi connectivity index (χ1) is 10.3. The second-order valence-electron chi connectivity index (χ2n) is 6.38. The number of aryl methyl sites for hydroxylation is 1. The maximum absolute atomic E-state index is 6.16. The highest BCUT2D eigenvalue weighted by Gasteiger charge is 2.42. The average Bonchev–Trinajstić information content (AvgIpc) is 2.97. The second-order valence-corrected chi connectivity index (χ2v) is 7.49. The van der Waals surface area contributed by atoms with Crippen molar-refractivity contribution in [1.29, 1.82) is 0 Å². The first kappa shape index (κ1) is 15.3. The molecule has 0 aliphatic carbocycles. The smallest absolute Gasteiger partial charge is 0.0783 e. The topological polar surface area (TPSA) is 34.2 Å². The number of pyridine rings is 1.